The quantitative estimate of drug-likeness (QED) is 0.533. The van der Waals surface area contributed by atoms with Gasteiger partial charge in [-0.05, 0) is 13.3 Å². The Kier molecular flexibility index (Phi) is 5.32. The molecule has 1 amide bonds. The van der Waals surface area contributed by atoms with E-state index in [1.54, 1.807) is 6.92 Å². The van der Waals surface area contributed by atoms with Crippen LogP contribution in [0.15, 0.2) is 0 Å². The minimum Gasteiger partial charge on any atom is -0.465 e. The second-order valence-corrected chi connectivity index (χ2v) is 2.20. The molecule has 0 spiro atoms. The summed E-state index contributed by atoms with van der Waals surface area (Å²) >= 11 is 0. The van der Waals surface area contributed by atoms with Crippen LogP contribution in [0.5, 0.6) is 0 Å². The van der Waals surface area contributed by atoms with E-state index in [0.717, 1.165) is 0 Å². The van der Waals surface area contributed by atoms with Crippen molar-refractivity contribution in [2.75, 3.05) is 0 Å². The summed E-state index contributed by atoms with van der Waals surface area (Å²) < 4.78 is 0. The second-order valence-electron chi connectivity index (χ2n) is 2.20. The van der Waals surface area contributed by atoms with Gasteiger partial charge in [0.25, 0.3) is 0 Å². The molecule has 10 heavy (non-hydrogen) atoms. The molecule has 1 unspecified atom stereocenters. The van der Waals surface area contributed by atoms with E-state index in [1.165, 1.54) is 0 Å². The van der Waals surface area contributed by atoms with Gasteiger partial charge in [-0.25, -0.2) is 4.79 Å². The summed E-state index contributed by atoms with van der Waals surface area (Å²) in [7, 11) is 0. The van der Waals surface area contributed by atoms with Gasteiger partial charge in [0.15, 0.2) is 0 Å². The zero-order valence-electron chi connectivity index (χ0n) is 6.05. The Balaban J connectivity index is 0. The molecule has 0 radical (unpaired) electrons. The molecule has 0 rings (SSSR count). The van der Waals surface area contributed by atoms with Crippen molar-refractivity contribution in [2.45, 2.75) is 25.9 Å². The summed E-state index contributed by atoms with van der Waals surface area (Å²) in [5.41, 5.74) is 4.64. The van der Waals surface area contributed by atoms with Crippen LogP contribution in [-0.2, 0) is 0 Å². The van der Waals surface area contributed by atoms with Crippen LogP contribution in [-0.4, -0.2) is 16.9 Å². The van der Waals surface area contributed by atoms with Crippen molar-refractivity contribution in [3.63, 3.8) is 0 Å². The summed E-state index contributed by atoms with van der Waals surface area (Å²) in [4.78, 5) is 9.98. The lowest BCUT2D eigenvalue weighted by atomic mass is 10.2. The van der Waals surface area contributed by atoms with E-state index in [2.05, 4.69) is 5.32 Å². The minimum atomic E-state index is -1.08. The fourth-order valence-corrected chi connectivity index (χ4v) is 0.333. The van der Waals surface area contributed by atoms with Crippen LogP contribution in [0.25, 0.3) is 0 Å². The number of carboxylic acid groups (broad SMARTS) is 1. The lowest BCUT2D eigenvalue weighted by Gasteiger charge is -2.21. The maximum absolute atomic E-state index is 9.98. The molecular formula is C5H13ClN2O2. The first kappa shape index (κ1) is 12.2. The summed E-state index contributed by atoms with van der Waals surface area (Å²) in [5, 5.41) is 10.4. The Labute approximate surface area is 66.2 Å². The molecule has 4 N–H and O–H groups in total. The van der Waals surface area contributed by atoms with E-state index in [0.29, 0.717) is 6.42 Å². The highest BCUT2D eigenvalue weighted by atomic mass is 35.5. The molecule has 0 aromatic rings. The van der Waals surface area contributed by atoms with Gasteiger partial charge in [-0.2, -0.15) is 0 Å². The first-order chi connectivity index (χ1) is 3.98. The molecule has 0 heterocycles. The maximum Gasteiger partial charge on any atom is 0.406 e. The number of nitrogens with one attached hydrogen (secondary N) is 1. The highest BCUT2D eigenvalue weighted by Gasteiger charge is 2.16. The maximum atomic E-state index is 9.98. The molecule has 0 saturated carbocycles. The zero-order chi connectivity index (χ0) is 7.49. The van der Waals surface area contributed by atoms with Crippen LogP contribution < -0.4 is 11.1 Å². The number of rotatable bonds is 2. The fourth-order valence-electron chi connectivity index (χ4n) is 0.333. The lowest BCUT2D eigenvalue weighted by Crippen LogP contribution is -2.52. The van der Waals surface area contributed by atoms with E-state index < -0.39 is 11.8 Å². The molecule has 1 atom stereocenters. The number of hydrogen-bond donors (Lipinski definition) is 3. The first-order valence-electron chi connectivity index (χ1n) is 2.78. The van der Waals surface area contributed by atoms with Crippen LogP contribution in [0.2, 0.25) is 0 Å². The third-order valence-corrected chi connectivity index (χ3v) is 1.13. The van der Waals surface area contributed by atoms with Crippen LogP contribution in [0.3, 0.4) is 0 Å². The van der Waals surface area contributed by atoms with E-state index >= 15 is 0 Å². The topological polar surface area (TPSA) is 75.3 Å². The van der Waals surface area contributed by atoms with Crippen LogP contribution in [0.4, 0.5) is 4.79 Å². The number of carbonyl (C=O) groups is 1. The summed E-state index contributed by atoms with van der Waals surface area (Å²) in [6, 6.07) is 0. The third kappa shape index (κ3) is 5.65. The second kappa shape index (κ2) is 4.35. The Morgan fingerprint density at radius 1 is 1.80 bits per heavy atom. The molecule has 5 heteroatoms. The van der Waals surface area contributed by atoms with Gasteiger partial charge in [0.05, 0.1) is 5.66 Å². The van der Waals surface area contributed by atoms with Gasteiger partial charge in [-0.3, -0.25) is 0 Å². The molecule has 0 saturated heterocycles. The first-order valence-corrected chi connectivity index (χ1v) is 2.78. The largest absolute Gasteiger partial charge is 0.465 e. The van der Waals surface area contributed by atoms with E-state index in [-0.39, 0.29) is 12.4 Å². The standard InChI is InChI=1S/C5H12N2O2.ClH/c1-3-5(2,6)7-4(8)9;/h7H,3,6H2,1-2H3,(H,8,9);1H. The van der Waals surface area contributed by atoms with Crippen molar-refractivity contribution >= 4 is 18.5 Å². The van der Waals surface area contributed by atoms with Crippen molar-refractivity contribution < 1.29 is 9.90 Å². The Morgan fingerprint density at radius 3 is 2.30 bits per heavy atom. The van der Waals surface area contributed by atoms with Crippen molar-refractivity contribution in [1.29, 1.82) is 0 Å². The average molecular weight is 169 g/mol. The smallest absolute Gasteiger partial charge is 0.406 e. The van der Waals surface area contributed by atoms with Crippen LogP contribution >= 0.6 is 12.4 Å². The van der Waals surface area contributed by atoms with Gasteiger partial charge in [-0.15, -0.1) is 12.4 Å². The van der Waals surface area contributed by atoms with Gasteiger partial charge in [0.1, 0.15) is 0 Å². The summed E-state index contributed by atoms with van der Waals surface area (Å²) in [6.07, 6.45) is -0.499. The monoisotopic (exact) mass is 168 g/mol. The van der Waals surface area contributed by atoms with E-state index in [9.17, 15) is 4.79 Å². The van der Waals surface area contributed by atoms with Crippen molar-refractivity contribution in [3.05, 3.63) is 0 Å². The predicted molar refractivity (Wildman–Crippen MR) is 41.3 cm³/mol. The molecular weight excluding hydrogens is 156 g/mol. The predicted octanol–water partition coefficient (Wildman–Crippen LogP) is 0.761. The molecule has 0 aromatic carbocycles. The molecule has 62 valence electrons. The minimum absolute atomic E-state index is 0. The SMILES string of the molecule is CCC(C)(N)NC(=O)O.Cl. The average Bonchev–Trinajstić information content (AvgIpc) is 1.63. The van der Waals surface area contributed by atoms with Crippen molar-refractivity contribution in [1.82, 2.24) is 5.32 Å². The third-order valence-electron chi connectivity index (χ3n) is 1.13. The normalized spacial score (nSPS) is 14.7. The number of hydrogen-bond acceptors (Lipinski definition) is 2. The van der Waals surface area contributed by atoms with Crippen LogP contribution in [0, 0.1) is 0 Å². The van der Waals surface area contributed by atoms with E-state index in [4.69, 9.17) is 10.8 Å². The van der Waals surface area contributed by atoms with Gasteiger partial charge in [0, 0.05) is 0 Å². The summed E-state index contributed by atoms with van der Waals surface area (Å²) in [5.74, 6) is 0. The number of nitrogens with two attached hydrogens (primary N) is 1. The lowest BCUT2D eigenvalue weighted by molar-refractivity contribution is 0.179. The molecule has 4 nitrogen and oxygen atoms in total. The van der Waals surface area contributed by atoms with E-state index in [1.807, 2.05) is 6.92 Å². The molecule has 0 aliphatic rings. The summed E-state index contributed by atoms with van der Waals surface area (Å²) in [6.45, 7) is 3.44. The Morgan fingerprint density at radius 2 is 2.20 bits per heavy atom. The van der Waals surface area contributed by atoms with Gasteiger partial charge in [0.2, 0.25) is 0 Å². The van der Waals surface area contributed by atoms with Gasteiger partial charge < -0.3 is 16.2 Å². The Bertz CT molecular complexity index is 116. The molecule has 0 aliphatic heterocycles. The number of amides is 1. The zero-order valence-corrected chi connectivity index (χ0v) is 6.86. The Hall–Kier alpha value is -0.480. The molecule has 0 fully saturated rings. The fraction of sp³-hybridized carbons (Fsp3) is 0.800. The highest BCUT2D eigenvalue weighted by Crippen LogP contribution is 1.97. The molecule has 0 aromatic heterocycles. The van der Waals surface area contributed by atoms with Crippen molar-refractivity contribution in [3.8, 4) is 0 Å². The highest BCUT2D eigenvalue weighted by molar-refractivity contribution is 5.85. The van der Waals surface area contributed by atoms with Gasteiger partial charge in [-0.1, -0.05) is 6.92 Å². The van der Waals surface area contributed by atoms with Gasteiger partial charge >= 0.3 is 6.09 Å². The van der Waals surface area contributed by atoms with Crippen molar-refractivity contribution in [2.24, 2.45) is 5.73 Å². The molecule has 0 aliphatic carbocycles. The molecule has 0 bridgehead atoms. The van der Waals surface area contributed by atoms with Crippen LogP contribution in [0.1, 0.15) is 20.3 Å². The number of halogens is 1.